The number of amides is 2. The van der Waals surface area contributed by atoms with Crippen LogP contribution in [0.15, 0.2) is 24.3 Å². The van der Waals surface area contributed by atoms with Crippen LogP contribution in [0.3, 0.4) is 0 Å². The van der Waals surface area contributed by atoms with E-state index in [9.17, 15) is 9.59 Å². The molecular weight excluding hydrogens is 346 g/mol. The first-order valence-corrected chi connectivity index (χ1v) is 9.92. The first-order valence-electron chi connectivity index (χ1n) is 9.10. The monoisotopic (exact) mass is 369 g/mol. The number of rotatable bonds is 4. The van der Waals surface area contributed by atoms with Gasteiger partial charge in [-0.1, -0.05) is 24.3 Å². The molecule has 2 aromatic rings. The van der Waals surface area contributed by atoms with Gasteiger partial charge in [0.1, 0.15) is 5.00 Å². The van der Waals surface area contributed by atoms with Gasteiger partial charge in [-0.15, -0.1) is 11.3 Å². The van der Waals surface area contributed by atoms with Crippen molar-refractivity contribution in [2.75, 3.05) is 11.9 Å². The van der Waals surface area contributed by atoms with Gasteiger partial charge in [0, 0.05) is 18.0 Å². The zero-order chi connectivity index (χ0) is 18.3. The molecule has 0 unspecified atom stereocenters. The van der Waals surface area contributed by atoms with Crippen LogP contribution in [0, 0.1) is 0 Å². The molecule has 6 heteroatoms. The number of nitrogens with one attached hydrogen (secondary N) is 1. The van der Waals surface area contributed by atoms with Gasteiger partial charge >= 0.3 is 0 Å². The van der Waals surface area contributed by atoms with Gasteiger partial charge in [-0.25, -0.2) is 0 Å². The molecule has 0 spiro atoms. The number of aryl methyl sites for hydroxylation is 1. The minimum Gasteiger partial charge on any atom is -0.365 e. The number of fused-ring (bicyclic) bond motifs is 2. The second-order valence-electron chi connectivity index (χ2n) is 7.08. The van der Waals surface area contributed by atoms with Crippen molar-refractivity contribution in [2.45, 2.75) is 45.2 Å². The van der Waals surface area contributed by atoms with E-state index in [2.05, 4.69) is 28.4 Å². The highest BCUT2D eigenvalue weighted by Crippen LogP contribution is 2.39. The van der Waals surface area contributed by atoms with E-state index in [1.807, 2.05) is 13.0 Å². The van der Waals surface area contributed by atoms with E-state index in [0.717, 1.165) is 44.3 Å². The molecule has 136 valence electrons. The standard InChI is InChI=1S/C20H23N3O2S/c1-12(23-10-9-13-5-2-3-6-14(13)11-23)19(25)22-20-17(18(21)24)15-7-4-8-16(15)26-20/h2-3,5-6,12H,4,7-11H2,1H3,(H2,21,24)(H,22,25)/t12-/m1/s1. The van der Waals surface area contributed by atoms with Gasteiger partial charge in [-0.2, -0.15) is 0 Å². The van der Waals surface area contributed by atoms with Crippen molar-refractivity contribution in [1.29, 1.82) is 0 Å². The van der Waals surface area contributed by atoms with Crippen molar-refractivity contribution in [2.24, 2.45) is 5.73 Å². The zero-order valence-corrected chi connectivity index (χ0v) is 15.7. The van der Waals surface area contributed by atoms with Gasteiger partial charge in [-0.3, -0.25) is 14.5 Å². The zero-order valence-electron chi connectivity index (χ0n) is 14.9. The minimum atomic E-state index is -0.445. The molecule has 1 aliphatic heterocycles. The van der Waals surface area contributed by atoms with E-state index in [0.29, 0.717) is 10.6 Å². The Hall–Kier alpha value is -2.18. The average Bonchev–Trinajstić information content (AvgIpc) is 3.20. The van der Waals surface area contributed by atoms with Crippen molar-refractivity contribution >= 4 is 28.2 Å². The number of hydrogen-bond acceptors (Lipinski definition) is 4. The highest BCUT2D eigenvalue weighted by Gasteiger charge is 2.29. The fourth-order valence-corrected chi connectivity index (χ4v) is 5.28. The first kappa shape index (κ1) is 17.2. The number of anilines is 1. The maximum absolute atomic E-state index is 12.8. The SMILES string of the molecule is C[C@H](C(=O)Nc1sc2c(c1C(N)=O)CCC2)N1CCc2ccccc2C1. The molecule has 0 saturated heterocycles. The lowest BCUT2D eigenvalue weighted by Gasteiger charge is -2.32. The predicted octanol–water partition coefficient (Wildman–Crippen LogP) is 2.72. The quantitative estimate of drug-likeness (QED) is 0.870. The number of nitrogens with two attached hydrogens (primary N) is 1. The fraction of sp³-hybridized carbons (Fsp3) is 0.400. The van der Waals surface area contributed by atoms with Crippen molar-refractivity contribution in [3.63, 3.8) is 0 Å². The van der Waals surface area contributed by atoms with Crippen LogP contribution in [-0.4, -0.2) is 29.3 Å². The summed E-state index contributed by atoms with van der Waals surface area (Å²) in [6.45, 7) is 3.55. The Labute approximate surface area is 157 Å². The Morgan fingerprint density at radius 2 is 1.96 bits per heavy atom. The first-order chi connectivity index (χ1) is 12.5. The third-order valence-electron chi connectivity index (χ3n) is 5.49. The Morgan fingerprint density at radius 1 is 1.19 bits per heavy atom. The van der Waals surface area contributed by atoms with Crippen LogP contribution in [0.2, 0.25) is 0 Å². The molecule has 1 aliphatic carbocycles. The van der Waals surface area contributed by atoms with Gasteiger partial charge in [0.15, 0.2) is 0 Å². The van der Waals surface area contributed by atoms with Crippen LogP contribution in [-0.2, 0) is 30.6 Å². The van der Waals surface area contributed by atoms with Crippen LogP contribution < -0.4 is 11.1 Å². The second-order valence-corrected chi connectivity index (χ2v) is 8.19. The van der Waals surface area contributed by atoms with E-state index in [-0.39, 0.29) is 11.9 Å². The lowest BCUT2D eigenvalue weighted by atomic mass is 9.99. The number of primary amides is 1. The Bertz CT molecular complexity index is 874. The average molecular weight is 369 g/mol. The van der Waals surface area contributed by atoms with Crippen molar-refractivity contribution in [3.05, 3.63) is 51.4 Å². The second kappa shape index (κ2) is 6.85. The molecule has 5 nitrogen and oxygen atoms in total. The normalized spacial score (nSPS) is 17.4. The third-order valence-corrected chi connectivity index (χ3v) is 6.70. The number of carbonyl (C=O) groups excluding carboxylic acids is 2. The Morgan fingerprint density at radius 3 is 2.73 bits per heavy atom. The minimum absolute atomic E-state index is 0.0770. The number of nitrogens with zero attached hydrogens (tertiary/aromatic N) is 1. The fourth-order valence-electron chi connectivity index (χ4n) is 3.98. The maximum atomic E-state index is 12.8. The number of hydrogen-bond donors (Lipinski definition) is 2. The van der Waals surface area contributed by atoms with E-state index in [1.54, 1.807) is 0 Å². The molecular formula is C20H23N3O2S. The highest BCUT2D eigenvalue weighted by atomic mass is 32.1. The molecule has 2 heterocycles. The molecule has 0 radical (unpaired) electrons. The largest absolute Gasteiger partial charge is 0.365 e. The highest BCUT2D eigenvalue weighted by molar-refractivity contribution is 7.17. The predicted molar refractivity (Wildman–Crippen MR) is 104 cm³/mol. The molecule has 1 aromatic carbocycles. The van der Waals surface area contributed by atoms with E-state index in [4.69, 9.17) is 5.73 Å². The van der Waals surface area contributed by atoms with E-state index >= 15 is 0 Å². The van der Waals surface area contributed by atoms with Crippen LogP contribution >= 0.6 is 11.3 Å². The third kappa shape index (κ3) is 3.04. The topological polar surface area (TPSA) is 75.4 Å². The number of carbonyl (C=O) groups is 2. The molecule has 1 aromatic heterocycles. The van der Waals surface area contributed by atoms with Crippen molar-refractivity contribution in [3.8, 4) is 0 Å². The van der Waals surface area contributed by atoms with E-state index in [1.165, 1.54) is 27.3 Å². The summed E-state index contributed by atoms with van der Waals surface area (Å²) in [5, 5.41) is 3.60. The lowest BCUT2D eigenvalue weighted by Crippen LogP contribution is -2.44. The summed E-state index contributed by atoms with van der Waals surface area (Å²) in [7, 11) is 0. The van der Waals surface area contributed by atoms with Gasteiger partial charge in [0.05, 0.1) is 11.6 Å². The van der Waals surface area contributed by atoms with Crippen molar-refractivity contribution < 1.29 is 9.59 Å². The molecule has 0 saturated carbocycles. The van der Waals surface area contributed by atoms with Gasteiger partial charge < -0.3 is 11.1 Å². The van der Waals surface area contributed by atoms with Crippen molar-refractivity contribution in [1.82, 2.24) is 4.90 Å². The summed E-state index contributed by atoms with van der Waals surface area (Å²) >= 11 is 1.51. The molecule has 4 rings (SSSR count). The van der Waals surface area contributed by atoms with Gasteiger partial charge in [0.25, 0.3) is 5.91 Å². The molecule has 0 fully saturated rings. The molecule has 0 bridgehead atoms. The van der Waals surface area contributed by atoms with Gasteiger partial charge in [-0.05, 0) is 49.3 Å². The smallest absolute Gasteiger partial charge is 0.251 e. The molecule has 2 aliphatic rings. The summed E-state index contributed by atoms with van der Waals surface area (Å²) in [5.41, 5.74) is 9.79. The summed E-state index contributed by atoms with van der Waals surface area (Å²) in [4.78, 5) is 28.1. The van der Waals surface area contributed by atoms with Crippen LogP contribution in [0.1, 0.15) is 45.3 Å². The Balaban J connectivity index is 1.50. The number of thiophene rings is 1. The van der Waals surface area contributed by atoms with Crippen LogP contribution in [0.25, 0.3) is 0 Å². The lowest BCUT2D eigenvalue weighted by molar-refractivity contribution is -0.121. The van der Waals surface area contributed by atoms with Crippen LogP contribution in [0.4, 0.5) is 5.00 Å². The molecule has 26 heavy (non-hydrogen) atoms. The van der Waals surface area contributed by atoms with E-state index < -0.39 is 5.91 Å². The maximum Gasteiger partial charge on any atom is 0.251 e. The number of benzene rings is 1. The summed E-state index contributed by atoms with van der Waals surface area (Å²) in [6, 6.07) is 8.12. The Kier molecular flexibility index (Phi) is 4.54. The van der Waals surface area contributed by atoms with Crippen LogP contribution in [0.5, 0.6) is 0 Å². The molecule has 3 N–H and O–H groups in total. The molecule has 2 amide bonds. The van der Waals surface area contributed by atoms with Gasteiger partial charge in [0.2, 0.25) is 5.91 Å². The summed E-state index contributed by atoms with van der Waals surface area (Å²) in [6.07, 6.45) is 3.85. The molecule has 1 atom stereocenters. The summed E-state index contributed by atoms with van der Waals surface area (Å²) < 4.78 is 0. The summed E-state index contributed by atoms with van der Waals surface area (Å²) in [5.74, 6) is -0.522.